The second-order valence-corrected chi connectivity index (χ2v) is 4.30. The normalized spacial score (nSPS) is 12.8. The van der Waals surface area contributed by atoms with Crippen molar-refractivity contribution in [2.24, 2.45) is 0 Å². The zero-order chi connectivity index (χ0) is 12.0. The average molecular weight is 223 g/mol. The van der Waals surface area contributed by atoms with Gasteiger partial charge in [-0.3, -0.25) is 0 Å². The van der Waals surface area contributed by atoms with Crippen molar-refractivity contribution in [3.63, 3.8) is 0 Å². The van der Waals surface area contributed by atoms with Crippen LogP contribution in [-0.2, 0) is 0 Å². The Bertz CT molecular complexity index is 323. The van der Waals surface area contributed by atoms with Gasteiger partial charge in [0.1, 0.15) is 5.82 Å². The number of rotatable bonds is 6. The summed E-state index contributed by atoms with van der Waals surface area (Å²) in [6, 6.07) is 5.79. The Hall–Kier alpha value is -0.890. The second kappa shape index (κ2) is 6.64. The number of hydrogen-bond acceptors (Lipinski definition) is 1. The lowest BCUT2D eigenvalue weighted by molar-refractivity contribution is 0.492. The topological polar surface area (TPSA) is 12.0 Å². The van der Waals surface area contributed by atoms with Gasteiger partial charge in [-0.1, -0.05) is 32.4 Å². The molecule has 0 heterocycles. The van der Waals surface area contributed by atoms with Gasteiger partial charge in [0.25, 0.3) is 0 Å². The molecule has 1 rings (SSSR count). The minimum Gasteiger partial charge on any atom is -0.310 e. The van der Waals surface area contributed by atoms with Crippen molar-refractivity contribution in [2.45, 2.75) is 46.1 Å². The summed E-state index contributed by atoms with van der Waals surface area (Å²) < 4.78 is 13.2. The SMILES string of the molecule is CCCNC(CCC)c1ccc(F)c(C)c1. The van der Waals surface area contributed by atoms with Gasteiger partial charge in [-0.15, -0.1) is 0 Å². The Morgan fingerprint density at radius 1 is 1.25 bits per heavy atom. The Balaban J connectivity index is 2.78. The molecule has 0 aliphatic carbocycles. The average Bonchev–Trinajstić information content (AvgIpc) is 2.28. The van der Waals surface area contributed by atoms with Gasteiger partial charge in [-0.25, -0.2) is 4.39 Å². The van der Waals surface area contributed by atoms with E-state index in [1.165, 1.54) is 5.56 Å². The summed E-state index contributed by atoms with van der Waals surface area (Å²) in [4.78, 5) is 0. The lowest BCUT2D eigenvalue weighted by atomic mass is 10.00. The highest BCUT2D eigenvalue weighted by molar-refractivity contribution is 5.26. The molecule has 0 bridgehead atoms. The molecule has 1 atom stereocenters. The van der Waals surface area contributed by atoms with Crippen LogP contribution < -0.4 is 5.32 Å². The first-order chi connectivity index (χ1) is 7.69. The van der Waals surface area contributed by atoms with Crippen molar-refractivity contribution >= 4 is 0 Å². The van der Waals surface area contributed by atoms with Crippen LogP contribution in [0.1, 0.15) is 50.3 Å². The molecule has 0 fully saturated rings. The monoisotopic (exact) mass is 223 g/mol. The summed E-state index contributed by atoms with van der Waals surface area (Å²) in [5.41, 5.74) is 1.94. The van der Waals surface area contributed by atoms with Crippen molar-refractivity contribution in [1.82, 2.24) is 5.32 Å². The number of nitrogens with one attached hydrogen (secondary N) is 1. The summed E-state index contributed by atoms with van der Waals surface area (Å²) >= 11 is 0. The van der Waals surface area contributed by atoms with Gasteiger partial charge in [0.15, 0.2) is 0 Å². The molecule has 1 aromatic carbocycles. The first-order valence-corrected chi connectivity index (χ1v) is 6.18. The standard InChI is InChI=1S/C14H22FN/c1-4-6-14(16-9-5-2)12-7-8-13(15)11(3)10-12/h7-8,10,14,16H,4-6,9H2,1-3H3. The molecule has 0 aromatic heterocycles. The van der Waals surface area contributed by atoms with Crippen molar-refractivity contribution in [3.05, 3.63) is 35.1 Å². The lowest BCUT2D eigenvalue weighted by Gasteiger charge is -2.18. The molecule has 16 heavy (non-hydrogen) atoms. The van der Waals surface area contributed by atoms with Crippen LogP contribution in [0.2, 0.25) is 0 Å². The maximum absolute atomic E-state index is 13.2. The molecule has 0 aliphatic rings. The van der Waals surface area contributed by atoms with E-state index >= 15 is 0 Å². The van der Waals surface area contributed by atoms with E-state index in [0.717, 1.165) is 31.4 Å². The predicted octanol–water partition coefficient (Wildman–Crippen LogP) is 3.97. The van der Waals surface area contributed by atoms with Crippen LogP contribution in [0.3, 0.4) is 0 Å². The van der Waals surface area contributed by atoms with E-state index in [1.54, 1.807) is 6.07 Å². The van der Waals surface area contributed by atoms with E-state index in [0.29, 0.717) is 6.04 Å². The van der Waals surface area contributed by atoms with E-state index in [9.17, 15) is 4.39 Å². The summed E-state index contributed by atoms with van der Waals surface area (Å²) in [6.07, 6.45) is 3.36. The highest BCUT2D eigenvalue weighted by Gasteiger charge is 2.10. The molecule has 0 radical (unpaired) electrons. The summed E-state index contributed by atoms with van der Waals surface area (Å²) in [6.45, 7) is 7.17. The largest absolute Gasteiger partial charge is 0.310 e. The predicted molar refractivity (Wildman–Crippen MR) is 67.1 cm³/mol. The van der Waals surface area contributed by atoms with Crippen LogP contribution in [0.4, 0.5) is 4.39 Å². The Kier molecular flexibility index (Phi) is 5.47. The van der Waals surface area contributed by atoms with Gasteiger partial charge < -0.3 is 5.32 Å². The molecule has 90 valence electrons. The first-order valence-electron chi connectivity index (χ1n) is 6.18. The smallest absolute Gasteiger partial charge is 0.126 e. The number of benzene rings is 1. The zero-order valence-corrected chi connectivity index (χ0v) is 10.5. The number of halogens is 1. The van der Waals surface area contributed by atoms with Crippen molar-refractivity contribution in [1.29, 1.82) is 0 Å². The second-order valence-electron chi connectivity index (χ2n) is 4.30. The number of hydrogen-bond donors (Lipinski definition) is 1. The van der Waals surface area contributed by atoms with Crippen molar-refractivity contribution in [2.75, 3.05) is 6.54 Å². The highest BCUT2D eigenvalue weighted by atomic mass is 19.1. The van der Waals surface area contributed by atoms with Gasteiger partial charge in [0.05, 0.1) is 0 Å². The summed E-state index contributed by atoms with van der Waals surface area (Å²) in [7, 11) is 0. The summed E-state index contributed by atoms with van der Waals surface area (Å²) in [5.74, 6) is -0.116. The molecule has 1 aromatic rings. The minimum absolute atomic E-state index is 0.116. The van der Waals surface area contributed by atoms with E-state index in [4.69, 9.17) is 0 Å². The molecule has 0 spiro atoms. The molecule has 2 heteroatoms. The first kappa shape index (κ1) is 13.2. The van der Waals surface area contributed by atoms with Crippen LogP contribution >= 0.6 is 0 Å². The Labute approximate surface area is 98.1 Å². The van der Waals surface area contributed by atoms with Crippen molar-refractivity contribution in [3.8, 4) is 0 Å². The fourth-order valence-electron chi connectivity index (χ4n) is 1.88. The van der Waals surface area contributed by atoms with Gasteiger partial charge in [-0.05, 0) is 43.5 Å². The third-order valence-corrected chi connectivity index (χ3v) is 2.80. The molecule has 1 nitrogen and oxygen atoms in total. The Morgan fingerprint density at radius 3 is 2.56 bits per heavy atom. The van der Waals surface area contributed by atoms with E-state index < -0.39 is 0 Å². The fourth-order valence-corrected chi connectivity index (χ4v) is 1.88. The van der Waals surface area contributed by atoms with Crippen LogP contribution in [0.15, 0.2) is 18.2 Å². The van der Waals surface area contributed by atoms with Crippen LogP contribution in [-0.4, -0.2) is 6.54 Å². The van der Waals surface area contributed by atoms with Gasteiger partial charge in [-0.2, -0.15) is 0 Å². The lowest BCUT2D eigenvalue weighted by Crippen LogP contribution is -2.22. The number of aryl methyl sites for hydroxylation is 1. The van der Waals surface area contributed by atoms with Crippen LogP contribution in [0.5, 0.6) is 0 Å². The molecule has 0 saturated carbocycles. The molecular formula is C14H22FN. The molecular weight excluding hydrogens is 201 g/mol. The molecule has 1 N–H and O–H groups in total. The van der Waals surface area contributed by atoms with Gasteiger partial charge >= 0.3 is 0 Å². The summed E-state index contributed by atoms with van der Waals surface area (Å²) in [5, 5.41) is 3.51. The van der Waals surface area contributed by atoms with Crippen LogP contribution in [0, 0.1) is 12.7 Å². The minimum atomic E-state index is -0.116. The molecule has 0 aliphatic heterocycles. The molecule has 0 saturated heterocycles. The molecule has 1 unspecified atom stereocenters. The van der Waals surface area contributed by atoms with E-state index in [-0.39, 0.29) is 5.82 Å². The quantitative estimate of drug-likeness (QED) is 0.769. The van der Waals surface area contributed by atoms with Gasteiger partial charge in [0, 0.05) is 6.04 Å². The molecule has 0 amide bonds. The van der Waals surface area contributed by atoms with Gasteiger partial charge in [0.2, 0.25) is 0 Å². The maximum Gasteiger partial charge on any atom is 0.126 e. The third-order valence-electron chi connectivity index (χ3n) is 2.80. The van der Waals surface area contributed by atoms with Crippen molar-refractivity contribution < 1.29 is 4.39 Å². The van der Waals surface area contributed by atoms with Crippen LogP contribution in [0.25, 0.3) is 0 Å². The Morgan fingerprint density at radius 2 is 2.00 bits per heavy atom. The van der Waals surface area contributed by atoms with E-state index in [1.807, 2.05) is 19.1 Å². The maximum atomic E-state index is 13.2. The highest BCUT2D eigenvalue weighted by Crippen LogP contribution is 2.20. The zero-order valence-electron chi connectivity index (χ0n) is 10.5. The van der Waals surface area contributed by atoms with E-state index in [2.05, 4.69) is 19.2 Å². The fraction of sp³-hybridized carbons (Fsp3) is 0.571. The third kappa shape index (κ3) is 3.60.